The van der Waals surface area contributed by atoms with Gasteiger partial charge in [0.2, 0.25) is 5.95 Å². The van der Waals surface area contributed by atoms with E-state index in [2.05, 4.69) is 31.1 Å². The fourth-order valence-electron chi connectivity index (χ4n) is 2.35. The van der Waals surface area contributed by atoms with E-state index in [1.165, 1.54) is 0 Å². The number of hydrogen-bond donors (Lipinski definition) is 3. The maximum Gasteiger partial charge on any atom is 0.225 e. The number of anilines is 3. The van der Waals surface area contributed by atoms with Crippen molar-refractivity contribution >= 4 is 40.7 Å². The Labute approximate surface area is 161 Å². The second-order valence-electron chi connectivity index (χ2n) is 5.97. The smallest absolute Gasteiger partial charge is 0.225 e. The monoisotopic (exact) mass is 386 g/mol. The molecule has 0 radical (unpaired) electrons. The van der Waals surface area contributed by atoms with Crippen molar-refractivity contribution in [3.8, 4) is 11.4 Å². The quantitative estimate of drug-likeness (QED) is 0.525. The summed E-state index contributed by atoms with van der Waals surface area (Å²) in [5, 5.41) is 4.42. The Morgan fingerprint density at radius 2 is 1.81 bits per heavy atom. The van der Waals surface area contributed by atoms with Crippen LogP contribution in [0.3, 0.4) is 0 Å². The number of hydrazine groups is 1. The lowest BCUT2D eigenvalue weighted by Crippen LogP contribution is -2.13. The normalized spacial score (nSPS) is 13.3. The van der Waals surface area contributed by atoms with Gasteiger partial charge in [0, 0.05) is 23.3 Å². The number of halogens is 2. The molecule has 0 spiro atoms. The van der Waals surface area contributed by atoms with Crippen molar-refractivity contribution in [1.82, 2.24) is 15.0 Å². The van der Waals surface area contributed by atoms with Crippen molar-refractivity contribution in [3.05, 3.63) is 58.7 Å². The van der Waals surface area contributed by atoms with Crippen LogP contribution in [-0.2, 0) is 0 Å². The van der Waals surface area contributed by atoms with Crippen molar-refractivity contribution in [1.29, 1.82) is 0 Å². The molecule has 0 unspecified atom stereocenters. The van der Waals surface area contributed by atoms with Crippen LogP contribution in [0.25, 0.3) is 11.4 Å². The van der Waals surface area contributed by atoms with Gasteiger partial charge in [0.1, 0.15) is 0 Å². The summed E-state index contributed by atoms with van der Waals surface area (Å²) in [5.74, 6) is 1.18. The summed E-state index contributed by atoms with van der Waals surface area (Å²) >= 11 is 12.1. The van der Waals surface area contributed by atoms with Crippen LogP contribution in [0.1, 0.15) is 12.8 Å². The molecule has 1 aliphatic rings. The fourth-order valence-corrected chi connectivity index (χ4v) is 2.81. The molecule has 4 rings (SSSR count). The predicted octanol–water partition coefficient (Wildman–Crippen LogP) is 4.86. The number of rotatable bonds is 6. The van der Waals surface area contributed by atoms with Gasteiger partial charge in [-0.2, -0.15) is 4.98 Å². The number of nitrogens with zero attached hydrogens (tertiary/aromatic N) is 3. The first-order valence-corrected chi connectivity index (χ1v) is 8.97. The third-order valence-electron chi connectivity index (χ3n) is 3.82. The van der Waals surface area contributed by atoms with E-state index in [0.717, 1.165) is 24.2 Å². The summed E-state index contributed by atoms with van der Waals surface area (Å²) in [5.41, 5.74) is 8.33. The summed E-state index contributed by atoms with van der Waals surface area (Å²) in [7, 11) is 0. The Morgan fingerprint density at radius 1 is 0.923 bits per heavy atom. The Morgan fingerprint density at radius 3 is 2.54 bits per heavy atom. The Hall–Kier alpha value is -2.57. The van der Waals surface area contributed by atoms with Gasteiger partial charge in [0.15, 0.2) is 5.82 Å². The molecule has 0 atom stereocenters. The highest BCUT2D eigenvalue weighted by atomic mass is 35.5. The van der Waals surface area contributed by atoms with E-state index < -0.39 is 0 Å². The minimum Gasteiger partial charge on any atom is -0.351 e. The Kier molecular flexibility index (Phi) is 4.77. The van der Waals surface area contributed by atoms with E-state index in [1.54, 1.807) is 24.4 Å². The lowest BCUT2D eigenvalue weighted by molar-refractivity contribution is 1.05. The molecule has 6 nitrogen and oxygen atoms in total. The van der Waals surface area contributed by atoms with Gasteiger partial charge in [0.05, 0.1) is 22.1 Å². The largest absolute Gasteiger partial charge is 0.351 e. The van der Waals surface area contributed by atoms with Crippen LogP contribution in [0.4, 0.5) is 17.5 Å². The van der Waals surface area contributed by atoms with Gasteiger partial charge >= 0.3 is 0 Å². The van der Waals surface area contributed by atoms with Crippen molar-refractivity contribution in [2.75, 3.05) is 16.2 Å². The zero-order chi connectivity index (χ0) is 17.9. The molecule has 2 heterocycles. The van der Waals surface area contributed by atoms with E-state index in [9.17, 15) is 0 Å². The second-order valence-corrected chi connectivity index (χ2v) is 6.81. The van der Waals surface area contributed by atoms with Gasteiger partial charge in [0.25, 0.3) is 0 Å². The average Bonchev–Trinajstić information content (AvgIpc) is 3.45. The third-order valence-corrected chi connectivity index (χ3v) is 4.37. The first-order chi connectivity index (χ1) is 12.7. The van der Waals surface area contributed by atoms with Gasteiger partial charge in [-0.15, -0.1) is 0 Å². The molecule has 3 aromatic rings. The van der Waals surface area contributed by atoms with Gasteiger partial charge in [-0.25, -0.2) is 4.98 Å². The molecule has 0 amide bonds. The SMILES string of the molecule is Clc1ccc(NNc2cc(-c3ccccn3)nc(NC3CC3)n2)c(Cl)c1. The maximum atomic E-state index is 6.19. The Balaban J connectivity index is 1.59. The van der Waals surface area contributed by atoms with Crippen LogP contribution in [0.5, 0.6) is 0 Å². The predicted molar refractivity (Wildman–Crippen MR) is 106 cm³/mol. The first kappa shape index (κ1) is 16.9. The topological polar surface area (TPSA) is 74.8 Å². The molecular weight excluding hydrogens is 371 g/mol. The van der Waals surface area contributed by atoms with Crippen LogP contribution in [0.15, 0.2) is 48.7 Å². The molecule has 1 aromatic carbocycles. The molecule has 3 N–H and O–H groups in total. The van der Waals surface area contributed by atoms with Crippen molar-refractivity contribution < 1.29 is 0 Å². The molecule has 8 heteroatoms. The van der Waals surface area contributed by atoms with Crippen molar-refractivity contribution in [3.63, 3.8) is 0 Å². The van der Waals surface area contributed by atoms with Crippen molar-refractivity contribution in [2.24, 2.45) is 0 Å². The number of benzene rings is 1. The standard InChI is InChI=1S/C18H16Cl2N6/c19-11-4-7-14(13(20)9-11)25-26-17-10-16(15-3-1-2-8-21-15)23-18(24-17)22-12-5-6-12/h1-4,7-10,12,25H,5-6H2,(H2,22,23,24,26). The van der Waals surface area contributed by atoms with Gasteiger partial charge in [-0.05, 0) is 43.2 Å². The molecule has 26 heavy (non-hydrogen) atoms. The zero-order valence-electron chi connectivity index (χ0n) is 13.7. The fraction of sp³-hybridized carbons (Fsp3) is 0.167. The summed E-state index contributed by atoms with van der Waals surface area (Å²) in [6.45, 7) is 0. The molecule has 0 saturated heterocycles. The highest BCUT2D eigenvalue weighted by Crippen LogP contribution is 2.27. The van der Waals surface area contributed by atoms with E-state index in [0.29, 0.717) is 33.5 Å². The van der Waals surface area contributed by atoms with Gasteiger partial charge < -0.3 is 5.32 Å². The summed E-state index contributed by atoms with van der Waals surface area (Å²) in [6, 6.07) is 13.2. The molecular formula is C18H16Cl2N6. The van der Waals surface area contributed by atoms with Crippen LogP contribution < -0.4 is 16.2 Å². The number of nitrogens with one attached hydrogen (secondary N) is 3. The number of hydrogen-bond acceptors (Lipinski definition) is 6. The van der Waals surface area contributed by atoms with E-state index >= 15 is 0 Å². The molecule has 2 aromatic heterocycles. The minimum atomic E-state index is 0.445. The minimum absolute atomic E-state index is 0.445. The zero-order valence-corrected chi connectivity index (χ0v) is 15.2. The molecule has 1 saturated carbocycles. The number of pyridine rings is 1. The van der Waals surface area contributed by atoms with Crippen LogP contribution >= 0.6 is 23.2 Å². The number of aromatic nitrogens is 3. The molecule has 1 fully saturated rings. The van der Waals surface area contributed by atoms with E-state index in [1.807, 2.05) is 24.3 Å². The summed E-state index contributed by atoms with van der Waals surface area (Å²) < 4.78 is 0. The molecule has 0 bridgehead atoms. The lowest BCUT2D eigenvalue weighted by atomic mass is 10.2. The average molecular weight is 387 g/mol. The van der Waals surface area contributed by atoms with E-state index in [4.69, 9.17) is 23.2 Å². The highest BCUT2D eigenvalue weighted by Gasteiger charge is 2.22. The van der Waals surface area contributed by atoms with Gasteiger partial charge in [-0.3, -0.25) is 15.8 Å². The van der Waals surface area contributed by atoms with Crippen LogP contribution in [0, 0.1) is 0 Å². The van der Waals surface area contributed by atoms with E-state index in [-0.39, 0.29) is 0 Å². The first-order valence-electron chi connectivity index (χ1n) is 8.21. The summed E-state index contributed by atoms with van der Waals surface area (Å²) in [6.07, 6.45) is 4.02. The molecule has 132 valence electrons. The van der Waals surface area contributed by atoms with Crippen molar-refractivity contribution in [2.45, 2.75) is 18.9 Å². The van der Waals surface area contributed by atoms with Gasteiger partial charge in [-0.1, -0.05) is 29.3 Å². The lowest BCUT2D eigenvalue weighted by Gasteiger charge is -2.13. The Bertz CT molecular complexity index is 915. The highest BCUT2D eigenvalue weighted by molar-refractivity contribution is 6.36. The molecule has 1 aliphatic carbocycles. The molecule has 0 aliphatic heterocycles. The van der Waals surface area contributed by atoms with Crippen LogP contribution in [-0.4, -0.2) is 21.0 Å². The maximum absolute atomic E-state index is 6.19. The summed E-state index contributed by atoms with van der Waals surface area (Å²) in [4.78, 5) is 13.4. The van der Waals surface area contributed by atoms with Crippen LogP contribution in [0.2, 0.25) is 10.0 Å². The second kappa shape index (κ2) is 7.35. The third kappa shape index (κ3) is 4.15.